The number of rotatable bonds is 7. The molecule has 3 rings (SSSR count). The SMILES string of the molecule is COC(=O)C(C)CN(Cc1ccc2c(c1)OCO2)C(=O)Cc1cccs1. The third-order valence-electron chi connectivity index (χ3n) is 4.17. The van der Waals surface area contributed by atoms with Gasteiger partial charge < -0.3 is 19.1 Å². The summed E-state index contributed by atoms with van der Waals surface area (Å²) in [6, 6.07) is 9.47. The molecule has 7 heteroatoms. The number of esters is 1. The Bertz CT molecular complexity index is 774. The summed E-state index contributed by atoms with van der Waals surface area (Å²) in [4.78, 5) is 27.3. The number of fused-ring (bicyclic) bond motifs is 1. The summed E-state index contributed by atoms with van der Waals surface area (Å²) in [5.74, 6) is 0.620. The maximum Gasteiger partial charge on any atom is 0.310 e. The summed E-state index contributed by atoms with van der Waals surface area (Å²) in [5.41, 5.74) is 0.922. The van der Waals surface area contributed by atoms with Crippen molar-refractivity contribution in [3.05, 3.63) is 46.2 Å². The van der Waals surface area contributed by atoms with Crippen molar-refractivity contribution >= 4 is 23.2 Å². The van der Waals surface area contributed by atoms with Gasteiger partial charge in [0.05, 0.1) is 19.4 Å². The first-order valence-corrected chi connectivity index (χ1v) is 9.21. The number of carbonyl (C=O) groups is 2. The Balaban J connectivity index is 1.75. The molecular formula is C19H21NO5S. The topological polar surface area (TPSA) is 65.1 Å². The number of hydrogen-bond donors (Lipinski definition) is 0. The number of methoxy groups -OCH3 is 1. The average molecular weight is 375 g/mol. The van der Waals surface area contributed by atoms with Crippen LogP contribution >= 0.6 is 11.3 Å². The molecule has 1 aliphatic heterocycles. The van der Waals surface area contributed by atoms with Crippen LogP contribution in [0, 0.1) is 5.92 Å². The molecule has 138 valence electrons. The van der Waals surface area contributed by atoms with Crippen LogP contribution in [0.15, 0.2) is 35.7 Å². The molecule has 2 heterocycles. The van der Waals surface area contributed by atoms with Gasteiger partial charge in [-0.15, -0.1) is 11.3 Å². The Labute approximate surface area is 156 Å². The zero-order valence-electron chi connectivity index (χ0n) is 14.8. The van der Waals surface area contributed by atoms with Gasteiger partial charge in [-0.25, -0.2) is 0 Å². The van der Waals surface area contributed by atoms with Crippen molar-refractivity contribution in [2.24, 2.45) is 5.92 Å². The van der Waals surface area contributed by atoms with E-state index >= 15 is 0 Å². The fraction of sp³-hybridized carbons (Fsp3) is 0.368. The smallest absolute Gasteiger partial charge is 0.310 e. The van der Waals surface area contributed by atoms with Crippen LogP contribution in [0.5, 0.6) is 11.5 Å². The Morgan fingerprint density at radius 2 is 2.08 bits per heavy atom. The molecule has 0 radical (unpaired) electrons. The molecule has 0 aliphatic carbocycles. The maximum absolute atomic E-state index is 12.8. The van der Waals surface area contributed by atoms with Crippen molar-refractivity contribution < 1.29 is 23.8 Å². The molecule has 2 aromatic rings. The van der Waals surface area contributed by atoms with Gasteiger partial charge in [0.25, 0.3) is 0 Å². The van der Waals surface area contributed by atoms with E-state index in [1.165, 1.54) is 7.11 Å². The van der Waals surface area contributed by atoms with Gasteiger partial charge in [-0.2, -0.15) is 0 Å². The number of thiophene rings is 1. The van der Waals surface area contributed by atoms with Gasteiger partial charge in [-0.1, -0.05) is 19.1 Å². The van der Waals surface area contributed by atoms with Crippen molar-refractivity contribution in [1.29, 1.82) is 0 Å². The Kier molecular flexibility index (Phi) is 5.78. The first kappa shape index (κ1) is 18.3. The summed E-state index contributed by atoms with van der Waals surface area (Å²) >= 11 is 1.55. The van der Waals surface area contributed by atoms with Crippen molar-refractivity contribution in [3.63, 3.8) is 0 Å². The summed E-state index contributed by atoms with van der Waals surface area (Å²) in [5, 5.41) is 1.95. The number of ether oxygens (including phenoxy) is 3. The number of amides is 1. The zero-order chi connectivity index (χ0) is 18.5. The summed E-state index contributed by atoms with van der Waals surface area (Å²) in [6.45, 7) is 2.66. The van der Waals surface area contributed by atoms with E-state index in [9.17, 15) is 9.59 Å². The van der Waals surface area contributed by atoms with Crippen LogP contribution in [0.4, 0.5) is 0 Å². The van der Waals surface area contributed by atoms with Crippen molar-refractivity contribution in [2.75, 3.05) is 20.4 Å². The quantitative estimate of drug-likeness (QED) is 0.696. The Morgan fingerprint density at radius 1 is 1.27 bits per heavy atom. The normalized spacial score (nSPS) is 13.3. The highest BCUT2D eigenvalue weighted by molar-refractivity contribution is 7.10. The van der Waals surface area contributed by atoms with E-state index in [1.54, 1.807) is 23.2 Å². The fourth-order valence-electron chi connectivity index (χ4n) is 2.79. The van der Waals surface area contributed by atoms with Gasteiger partial charge in [0, 0.05) is 18.0 Å². The number of carbonyl (C=O) groups excluding carboxylic acids is 2. The molecule has 26 heavy (non-hydrogen) atoms. The molecule has 1 atom stereocenters. The largest absolute Gasteiger partial charge is 0.469 e. The second-order valence-corrected chi connectivity index (χ2v) is 7.17. The third-order valence-corrected chi connectivity index (χ3v) is 5.04. The highest BCUT2D eigenvalue weighted by Crippen LogP contribution is 2.33. The van der Waals surface area contributed by atoms with Crippen LogP contribution in [0.25, 0.3) is 0 Å². The predicted octanol–water partition coefficient (Wildman–Crippen LogP) is 2.86. The van der Waals surface area contributed by atoms with Crippen LogP contribution < -0.4 is 9.47 Å². The van der Waals surface area contributed by atoms with Gasteiger partial charge >= 0.3 is 5.97 Å². The Hall–Kier alpha value is -2.54. The lowest BCUT2D eigenvalue weighted by molar-refractivity contribution is -0.146. The second-order valence-electron chi connectivity index (χ2n) is 6.14. The molecule has 0 fully saturated rings. The molecule has 1 aromatic carbocycles. The summed E-state index contributed by atoms with van der Waals surface area (Å²) in [6.07, 6.45) is 0.316. The Morgan fingerprint density at radius 3 is 2.81 bits per heavy atom. The molecule has 1 aromatic heterocycles. The van der Waals surface area contributed by atoms with Crippen LogP contribution in [-0.4, -0.2) is 37.2 Å². The summed E-state index contributed by atoms with van der Waals surface area (Å²) in [7, 11) is 1.36. The molecular weight excluding hydrogens is 354 g/mol. The first-order valence-electron chi connectivity index (χ1n) is 8.33. The van der Waals surface area contributed by atoms with Gasteiger partial charge in [-0.3, -0.25) is 9.59 Å². The lowest BCUT2D eigenvalue weighted by atomic mass is 10.1. The first-order chi connectivity index (χ1) is 12.6. The molecule has 0 N–H and O–H groups in total. The van der Waals surface area contributed by atoms with Crippen molar-refractivity contribution in [3.8, 4) is 11.5 Å². The minimum atomic E-state index is -0.402. The van der Waals surface area contributed by atoms with Crippen LogP contribution in [0.2, 0.25) is 0 Å². The molecule has 1 aliphatic rings. The minimum Gasteiger partial charge on any atom is -0.469 e. The molecule has 6 nitrogen and oxygen atoms in total. The van der Waals surface area contributed by atoms with Crippen LogP contribution in [-0.2, 0) is 27.3 Å². The van der Waals surface area contributed by atoms with Gasteiger partial charge in [0.2, 0.25) is 12.7 Å². The molecule has 1 unspecified atom stereocenters. The maximum atomic E-state index is 12.8. The molecule has 0 bridgehead atoms. The van der Waals surface area contributed by atoms with Gasteiger partial charge in [0.1, 0.15) is 0 Å². The predicted molar refractivity (Wildman–Crippen MR) is 97.2 cm³/mol. The van der Waals surface area contributed by atoms with E-state index in [-0.39, 0.29) is 18.7 Å². The van der Waals surface area contributed by atoms with E-state index in [1.807, 2.05) is 35.7 Å². The van der Waals surface area contributed by atoms with Gasteiger partial charge in [0.15, 0.2) is 11.5 Å². The number of nitrogens with zero attached hydrogens (tertiary/aromatic N) is 1. The molecule has 0 spiro atoms. The van der Waals surface area contributed by atoms with Crippen molar-refractivity contribution in [1.82, 2.24) is 4.90 Å². The van der Waals surface area contributed by atoms with E-state index in [0.29, 0.717) is 31.0 Å². The second kappa shape index (κ2) is 8.23. The van der Waals surface area contributed by atoms with Gasteiger partial charge in [-0.05, 0) is 29.1 Å². The van der Waals surface area contributed by atoms with E-state index < -0.39 is 5.92 Å². The summed E-state index contributed by atoms with van der Waals surface area (Å²) < 4.78 is 15.5. The minimum absolute atomic E-state index is 0.0270. The fourth-order valence-corrected chi connectivity index (χ4v) is 3.49. The number of hydrogen-bond acceptors (Lipinski definition) is 6. The van der Waals surface area contributed by atoms with E-state index in [0.717, 1.165) is 10.4 Å². The van der Waals surface area contributed by atoms with Crippen LogP contribution in [0.3, 0.4) is 0 Å². The lowest BCUT2D eigenvalue weighted by Gasteiger charge is -2.25. The highest BCUT2D eigenvalue weighted by Gasteiger charge is 2.23. The van der Waals surface area contributed by atoms with Crippen LogP contribution in [0.1, 0.15) is 17.4 Å². The highest BCUT2D eigenvalue weighted by atomic mass is 32.1. The average Bonchev–Trinajstić information content (AvgIpc) is 3.31. The molecule has 1 amide bonds. The molecule has 0 saturated heterocycles. The van der Waals surface area contributed by atoms with E-state index in [4.69, 9.17) is 14.2 Å². The third kappa shape index (κ3) is 4.35. The standard InChI is InChI=1S/C19H21NO5S/c1-13(19(22)23-2)10-20(18(21)9-15-4-3-7-26-15)11-14-5-6-16-17(8-14)25-12-24-16/h3-8,13H,9-12H2,1-2H3. The monoisotopic (exact) mass is 375 g/mol. The zero-order valence-corrected chi connectivity index (χ0v) is 15.6. The molecule has 0 saturated carbocycles. The number of benzene rings is 1. The van der Waals surface area contributed by atoms with E-state index in [2.05, 4.69) is 0 Å². The lowest BCUT2D eigenvalue weighted by Crippen LogP contribution is -2.37. The van der Waals surface area contributed by atoms with Crippen molar-refractivity contribution in [2.45, 2.75) is 19.9 Å².